The number of rotatable bonds is 2. The van der Waals surface area contributed by atoms with Gasteiger partial charge in [-0.3, -0.25) is 0 Å². The van der Waals surface area contributed by atoms with Gasteiger partial charge < -0.3 is 4.57 Å². The Kier molecular flexibility index (Phi) is 2.89. The maximum absolute atomic E-state index is 8.75. The van der Waals surface area contributed by atoms with Crippen LogP contribution in [0.3, 0.4) is 0 Å². The summed E-state index contributed by atoms with van der Waals surface area (Å²) in [6, 6.07) is 6.24. The fraction of sp³-hybridized carbons (Fsp3) is 0.308. The van der Waals surface area contributed by atoms with Crippen LogP contribution in [0.2, 0.25) is 5.02 Å². The summed E-state index contributed by atoms with van der Waals surface area (Å²) < 4.78 is 1.94. The normalized spacial score (nSPS) is 10.6. The summed E-state index contributed by atoms with van der Waals surface area (Å²) in [4.78, 5) is 0. The van der Waals surface area contributed by atoms with Crippen LogP contribution in [0.15, 0.2) is 18.3 Å². The molecule has 2 rings (SSSR count). The highest BCUT2D eigenvalue weighted by Crippen LogP contribution is 2.28. The zero-order valence-corrected chi connectivity index (χ0v) is 10.2. The van der Waals surface area contributed by atoms with Crippen LogP contribution in [-0.4, -0.2) is 4.57 Å². The van der Waals surface area contributed by atoms with E-state index < -0.39 is 0 Å². The molecular formula is C13H13ClN2. The van der Waals surface area contributed by atoms with Gasteiger partial charge in [-0.05, 0) is 36.6 Å². The van der Waals surface area contributed by atoms with Crippen molar-refractivity contribution in [3.05, 3.63) is 34.5 Å². The van der Waals surface area contributed by atoms with E-state index in [2.05, 4.69) is 26.0 Å². The first-order valence-electron chi connectivity index (χ1n) is 5.32. The molecule has 0 aliphatic rings. The van der Waals surface area contributed by atoms with Gasteiger partial charge in [-0.2, -0.15) is 5.26 Å². The minimum absolute atomic E-state index is 0.367. The molecule has 3 heteroatoms. The lowest BCUT2D eigenvalue weighted by Gasteiger charge is -2.04. The largest absolute Gasteiger partial charge is 0.333 e. The highest BCUT2D eigenvalue weighted by Gasteiger charge is 2.08. The van der Waals surface area contributed by atoms with Crippen molar-refractivity contribution < 1.29 is 0 Å². The van der Waals surface area contributed by atoms with E-state index >= 15 is 0 Å². The molecule has 0 saturated heterocycles. The second-order valence-electron chi connectivity index (χ2n) is 3.91. The number of hydrogen-bond donors (Lipinski definition) is 0. The molecule has 0 amide bonds. The van der Waals surface area contributed by atoms with Gasteiger partial charge in [0.2, 0.25) is 0 Å². The van der Waals surface area contributed by atoms with Gasteiger partial charge in [-0.15, -0.1) is 0 Å². The van der Waals surface area contributed by atoms with Gasteiger partial charge in [0, 0.05) is 16.6 Å². The quantitative estimate of drug-likeness (QED) is 0.776. The average Bonchev–Trinajstić information content (AvgIpc) is 2.55. The Morgan fingerprint density at radius 2 is 2.19 bits per heavy atom. The molecule has 0 saturated carbocycles. The summed E-state index contributed by atoms with van der Waals surface area (Å²) in [5.41, 5.74) is 3.39. The summed E-state index contributed by atoms with van der Waals surface area (Å²) in [5.74, 6) is 0. The van der Waals surface area contributed by atoms with Crippen molar-refractivity contribution in [2.75, 3.05) is 0 Å². The Morgan fingerprint density at radius 1 is 1.44 bits per heavy atom. The number of hydrogen-bond acceptors (Lipinski definition) is 1. The van der Waals surface area contributed by atoms with E-state index in [0.717, 1.165) is 22.5 Å². The predicted molar refractivity (Wildman–Crippen MR) is 66.7 cm³/mol. The van der Waals surface area contributed by atoms with E-state index in [0.29, 0.717) is 6.54 Å². The van der Waals surface area contributed by atoms with Gasteiger partial charge in [-0.25, -0.2) is 0 Å². The summed E-state index contributed by atoms with van der Waals surface area (Å²) >= 11 is 6.19. The maximum Gasteiger partial charge on any atom is 0.110 e. The molecule has 0 fully saturated rings. The van der Waals surface area contributed by atoms with Gasteiger partial charge in [0.25, 0.3) is 0 Å². The molecule has 0 bridgehead atoms. The molecule has 0 aliphatic heterocycles. The highest BCUT2D eigenvalue weighted by molar-refractivity contribution is 6.32. The Balaban J connectivity index is 2.72. The zero-order chi connectivity index (χ0) is 11.7. The van der Waals surface area contributed by atoms with Crippen LogP contribution in [0, 0.1) is 18.3 Å². The van der Waals surface area contributed by atoms with Crippen molar-refractivity contribution in [1.82, 2.24) is 4.57 Å². The molecule has 82 valence electrons. The van der Waals surface area contributed by atoms with Crippen LogP contribution in [0.4, 0.5) is 0 Å². The van der Waals surface area contributed by atoms with Gasteiger partial charge in [0.1, 0.15) is 6.54 Å². The third kappa shape index (κ3) is 1.68. The molecule has 0 N–H and O–H groups in total. The van der Waals surface area contributed by atoms with Crippen molar-refractivity contribution in [2.45, 2.75) is 26.8 Å². The van der Waals surface area contributed by atoms with E-state index in [-0.39, 0.29) is 0 Å². The molecule has 0 aliphatic carbocycles. The Morgan fingerprint density at radius 3 is 2.81 bits per heavy atom. The van der Waals surface area contributed by atoms with E-state index in [9.17, 15) is 0 Å². The molecule has 2 nitrogen and oxygen atoms in total. The fourth-order valence-corrected chi connectivity index (χ4v) is 2.30. The molecule has 1 aromatic carbocycles. The van der Waals surface area contributed by atoms with Crippen molar-refractivity contribution in [3.63, 3.8) is 0 Å². The molecule has 1 aromatic heterocycles. The van der Waals surface area contributed by atoms with Gasteiger partial charge in [0.15, 0.2) is 0 Å². The number of aromatic nitrogens is 1. The van der Waals surface area contributed by atoms with E-state index in [1.54, 1.807) is 0 Å². The number of halogens is 1. The van der Waals surface area contributed by atoms with Crippen molar-refractivity contribution in [3.8, 4) is 6.07 Å². The first kappa shape index (κ1) is 11.0. The number of nitriles is 1. The Labute approximate surface area is 100 Å². The Hall–Kier alpha value is -1.46. The standard InChI is InChI=1S/C13H13ClN2/c1-3-10-6-11-9(2)8-16(5-4-15)13(11)7-12(10)14/h6-8H,3,5H2,1-2H3. The number of fused-ring (bicyclic) bond motifs is 1. The SMILES string of the molecule is CCc1cc2c(C)cn(CC#N)c2cc1Cl. The maximum atomic E-state index is 8.75. The minimum Gasteiger partial charge on any atom is -0.333 e. The molecule has 0 atom stereocenters. The molecule has 0 radical (unpaired) electrons. The predicted octanol–water partition coefficient (Wildman–Crippen LogP) is 3.69. The lowest BCUT2D eigenvalue weighted by molar-refractivity contribution is 0.871. The van der Waals surface area contributed by atoms with Crippen LogP contribution in [0.25, 0.3) is 10.9 Å². The van der Waals surface area contributed by atoms with Gasteiger partial charge in [0.05, 0.1) is 11.6 Å². The van der Waals surface area contributed by atoms with Crippen LogP contribution in [0.5, 0.6) is 0 Å². The minimum atomic E-state index is 0.367. The summed E-state index contributed by atoms with van der Waals surface area (Å²) in [7, 11) is 0. The molecule has 0 unspecified atom stereocenters. The fourth-order valence-electron chi connectivity index (χ4n) is 2.01. The van der Waals surface area contributed by atoms with Crippen molar-refractivity contribution in [1.29, 1.82) is 5.26 Å². The van der Waals surface area contributed by atoms with Crippen LogP contribution in [-0.2, 0) is 13.0 Å². The van der Waals surface area contributed by atoms with Crippen molar-refractivity contribution in [2.24, 2.45) is 0 Å². The topological polar surface area (TPSA) is 28.7 Å². The summed E-state index contributed by atoms with van der Waals surface area (Å²) in [5, 5.41) is 10.7. The summed E-state index contributed by atoms with van der Waals surface area (Å²) in [6.45, 7) is 4.52. The molecule has 1 heterocycles. The average molecular weight is 233 g/mol. The second-order valence-corrected chi connectivity index (χ2v) is 4.32. The van der Waals surface area contributed by atoms with Gasteiger partial charge in [-0.1, -0.05) is 18.5 Å². The lowest BCUT2D eigenvalue weighted by atomic mass is 10.1. The molecule has 16 heavy (non-hydrogen) atoms. The second kappa shape index (κ2) is 4.19. The van der Waals surface area contributed by atoms with Crippen LogP contribution < -0.4 is 0 Å². The van der Waals surface area contributed by atoms with E-state index in [1.165, 1.54) is 10.9 Å². The monoisotopic (exact) mass is 232 g/mol. The van der Waals surface area contributed by atoms with E-state index in [4.69, 9.17) is 16.9 Å². The molecule has 0 spiro atoms. The van der Waals surface area contributed by atoms with Gasteiger partial charge >= 0.3 is 0 Å². The summed E-state index contributed by atoms with van der Waals surface area (Å²) in [6.07, 6.45) is 2.93. The third-order valence-electron chi connectivity index (χ3n) is 2.87. The first-order chi connectivity index (χ1) is 7.67. The van der Waals surface area contributed by atoms with Crippen molar-refractivity contribution >= 4 is 22.5 Å². The number of aryl methyl sites for hydroxylation is 2. The third-order valence-corrected chi connectivity index (χ3v) is 3.22. The lowest BCUT2D eigenvalue weighted by Crippen LogP contribution is -1.93. The highest BCUT2D eigenvalue weighted by atomic mass is 35.5. The number of nitrogens with zero attached hydrogens (tertiary/aromatic N) is 2. The molecule has 2 aromatic rings. The smallest absolute Gasteiger partial charge is 0.110 e. The first-order valence-corrected chi connectivity index (χ1v) is 5.70. The number of benzene rings is 1. The zero-order valence-electron chi connectivity index (χ0n) is 9.42. The van der Waals surface area contributed by atoms with Crippen LogP contribution in [0.1, 0.15) is 18.1 Å². The molecular weight excluding hydrogens is 220 g/mol. The van der Waals surface area contributed by atoms with E-state index in [1.807, 2.05) is 16.8 Å². The van der Waals surface area contributed by atoms with Crippen LogP contribution >= 0.6 is 11.6 Å². The Bertz CT molecular complexity index is 576.